The third kappa shape index (κ3) is 4.36. The molecule has 3 rings (SSSR count). The molecule has 0 atom stereocenters. The van der Waals surface area contributed by atoms with Gasteiger partial charge in [0.15, 0.2) is 0 Å². The van der Waals surface area contributed by atoms with E-state index in [1.54, 1.807) is 36.4 Å². The van der Waals surface area contributed by atoms with E-state index in [1.165, 1.54) is 4.90 Å². The van der Waals surface area contributed by atoms with Crippen molar-refractivity contribution in [2.24, 2.45) is 0 Å². The van der Waals surface area contributed by atoms with E-state index >= 15 is 0 Å². The molecule has 0 spiro atoms. The topological polar surface area (TPSA) is 63.7 Å². The summed E-state index contributed by atoms with van der Waals surface area (Å²) in [5, 5.41) is 0. The van der Waals surface area contributed by atoms with Crippen molar-refractivity contribution in [3.8, 4) is 0 Å². The average molecular weight is 377 g/mol. The molecule has 2 amide bonds. The van der Waals surface area contributed by atoms with Crippen molar-refractivity contribution in [1.29, 1.82) is 0 Å². The Bertz CT molecular complexity index is 901. The second-order valence-corrected chi connectivity index (χ2v) is 7.62. The molecule has 1 aliphatic rings. The second-order valence-electron chi connectivity index (χ2n) is 7.62. The molecule has 2 aromatic rings. The Hall–Kier alpha value is -3.21. The maximum absolute atomic E-state index is 12.3. The van der Waals surface area contributed by atoms with Gasteiger partial charge in [0.2, 0.25) is 0 Å². The van der Waals surface area contributed by atoms with Crippen LogP contribution in [0.5, 0.6) is 0 Å². The molecule has 1 heterocycles. The van der Waals surface area contributed by atoms with E-state index in [0.29, 0.717) is 29.7 Å². The van der Waals surface area contributed by atoms with Crippen LogP contribution in [0.4, 0.5) is 0 Å². The van der Waals surface area contributed by atoms with Gasteiger partial charge in [-0.15, -0.1) is 0 Å². The first-order chi connectivity index (χ1) is 13.3. The summed E-state index contributed by atoms with van der Waals surface area (Å²) in [6.07, 6.45) is 4.36. The quantitative estimate of drug-likeness (QED) is 0.574. The number of benzene rings is 2. The molecule has 0 radical (unpaired) electrons. The van der Waals surface area contributed by atoms with Gasteiger partial charge in [-0.05, 0) is 57.0 Å². The zero-order chi connectivity index (χ0) is 20.3. The fourth-order valence-corrected chi connectivity index (χ4v) is 2.93. The van der Waals surface area contributed by atoms with Gasteiger partial charge in [0.25, 0.3) is 11.8 Å². The SMILES string of the molecule is CC(C)(C)OC(=O)c1ccc(C=CCCN2C(=O)c3ccccc3C2=O)cc1. The molecule has 144 valence electrons. The molecule has 0 N–H and O–H groups in total. The van der Waals surface area contributed by atoms with Crippen molar-refractivity contribution in [3.05, 3.63) is 76.9 Å². The molecule has 0 aliphatic carbocycles. The monoisotopic (exact) mass is 377 g/mol. The van der Waals surface area contributed by atoms with Crippen LogP contribution in [0.25, 0.3) is 6.08 Å². The smallest absolute Gasteiger partial charge is 0.338 e. The van der Waals surface area contributed by atoms with Crippen LogP contribution in [0.15, 0.2) is 54.6 Å². The minimum absolute atomic E-state index is 0.240. The number of imide groups is 1. The van der Waals surface area contributed by atoms with Crippen molar-refractivity contribution >= 4 is 23.9 Å². The van der Waals surface area contributed by atoms with Crippen molar-refractivity contribution in [2.45, 2.75) is 32.8 Å². The van der Waals surface area contributed by atoms with Gasteiger partial charge in [-0.1, -0.05) is 36.4 Å². The zero-order valence-corrected chi connectivity index (χ0v) is 16.3. The molecule has 5 nitrogen and oxygen atoms in total. The van der Waals surface area contributed by atoms with Gasteiger partial charge in [0.1, 0.15) is 5.60 Å². The summed E-state index contributed by atoms with van der Waals surface area (Å²) in [5.74, 6) is -0.833. The fourth-order valence-electron chi connectivity index (χ4n) is 2.93. The summed E-state index contributed by atoms with van der Waals surface area (Å²) in [7, 11) is 0. The first-order valence-electron chi connectivity index (χ1n) is 9.21. The highest BCUT2D eigenvalue weighted by Crippen LogP contribution is 2.22. The molecule has 0 saturated heterocycles. The Kier molecular flexibility index (Phi) is 5.45. The Morgan fingerprint density at radius 2 is 1.54 bits per heavy atom. The van der Waals surface area contributed by atoms with Gasteiger partial charge in [-0.3, -0.25) is 14.5 Å². The number of carbonyl (C=O) groups is 3. The second kappa shape index (κ2) is 7.80. The zero-order valence-electron chi connectivity index (χ0n) is 16.3. The van der Waals surface area contributed by atoms with Crippen molar-refractivity contribution in [1.82, 2.24) is 4.90 Å². The van der Waals surface area contributed by atoms with Crippen LogP contribution in [0.2, 0.25) is 0 Å². The standard InChI is InChI=1S/C23H23NO4/c1-23(2,3)28-22(27)17-13-11-16(12-14-17)8-6-7-15-24-20(25)18-9-4-5-10-19(18)21(24)26/h4-6,8-14H,7,15H2,1-3H3. The number of ether oxygens (including phenoxy) is 1. The number of esters is 1. The number of nitrogens with zero attached hydrogens (tertiary/aromatic N) is 1. The molecule has 0 fully saturated rings. The Morgan fingerprint density at radius 3 is 2.07 bits per heavy atom. The van der Waals surface area contributed by atoms with E-state index in [4.69, 9.17) is 4.74 Å². The third-order valence-corrected chi connectivity index (χ3v) is 4.25. The summed E-state index contributed by atoms with van der Waals surface area (Å²) in [4.78, 5) is 37.9. The molecule has 5 heteroatoms. The third-order valence-electron chi connectivity index (χ3n) is 4.25. The predicted octanol–water partition coefficient (Wildman–Crippen LogP) is 4.34. The molecule has 0 unspecified atom stereocenters. The van der Waals surface area contributed by atoms with Crippen LogP contribution in [-0.4, -0.2) is 34.8 Å². The summed E-state index contributed by atoms with van der Waals surface area (Å²) >= 11 is 0. The maximum Gasteiger partial charge on any atom is 0.338 e. The summed E-state index contributed by atoms with van der Waals surface area (Å²) in [6, 6.07) is 14.0. The van der Waals surface area contributed by atoms with E-state index in [1.807, 2.05) is 45.1 Å². The number of amides is 2. The van der Waals surface area contributed by atoms with Crippen molar-refractivity contribution < 1.29 is 19.1 Å². The first-order valence-corrected chi connectivity index (χ1v) is 9.21. The summed E-state index contributed by atoms with van der Waals surface area (Å²) < 4.78 is 5.34. The maximum atomic E-state index is 12.3. The molecule has 1 aliphatic heterocycles. The van der Waals surface area contributed by atoms with E-state index in [2.05, 4.69) is 0 Å². The summed E-state index contributed by atoms with van der Waals surface area (Å²) in [5.41, 5.74) is 1.83. The number of carbonyl (C=O) groups excluding carboxylic acids is 3. The number of hydrogen-bond donors (Lipinski definition) is 0. The highest BCUT2D eigenvalue weighted by Gasteiger charge is 2.34. The lowest BCUT2D eigenvalue weighted by Gasteiger charge is -2.19. The van der Waals surface area contributed by atoms with E-state index in [0.717, 1.165) is 5.56 Å². The average Bonchev–Trinajstić information content (AvgIpc) is 2.89. The van der Waals surface area contributed by atoms with E-state index in [9.17, 15) is 14.4 Å². The lowest BCUT2D eigenvalue weighted by atomic mass is 10.1. The van der Waals surface area contributed by atoms with Crippen LogP contribution in [0.1, 0.15) is 63.8 Å². The largest absolute Gasteiger partial charge is 0.456 e. The van der Waals surface area contributed by atoms with Crippen LogP contribution in [0, 0.1) is 0 Å². The van der Waals surface area contributed by atoms with Gasteiger partial charge >= 0.3 is 5.97 Å². The Labute approximate surface area is 164 Å². The van der Waals surface area contributed by atoms with Gasteiger partial charge in [0, 0.05) is 6.54 Å². The molecular weight excluding hydrogens is 354 g/mol. The number of rotatable bonds is 5. The van der Waals surface area contributed by atoms with Crippen molar-refractivity contribution in [3.63, 3.8) is 0 Å². The number of fused-ring (bicyclic) bond motifs is 1. The van der Waals surface area contributed by atoms with E-state index in [-0.39, 0.29) is 17.8 Å². The highest BCUT2D eigenvalue weighted by atomic mass is 16.6. The lowest BCUT2D eigenvalue weighted by Crippen LogP contribution is -2.30. The summed E-state index contributed by atoms with van der Waals surface area (Å²) in [6.45, 7) is 5.82. The Morgan fingerprint density at radius 1 is 0.964 bits per heavy atom. The molecule has 0 aromatic heterocycles. The molecule has 0 bridgehead atoms. The molecule has 2 aromatic carbocycles. The molecule has 28 heavy (non-hydrogen) atoms. The molecule has 0 saturated carbocycles. The minimum Gasteiger partial charge on any atom is -0.456 e. The predicted molar refractivity (Wildman–Crippen MR) is 107 cm³/mol. The van der Waals surface area contributed by atoms with Crippen molar-refractivity contribution in [2.75, 3.05) is 6.54 Å². The normalized spacial score (nSPS) is 13.9. The number of hydrogen-bond acceptors (Lipinski definition) is 4. The van der Waals surface area contributed by atoms with Crippen LogP contribution in [-0.2, 0) is 4.74 Å². The van der Waals surface area contributed by atoms with Gasteiger partial charge in [0.05, 0.1) is 16.7 Å². The van der Waals surface area contributed by atoms with Crippen LogP contribution in [0.3, 0.4) is 0 Å². The van der Waals surface area contributed by atoms with Gasteiger partial charge in [-0.2, -0.15) is 0 Å². The Balaban J connectivity index is 1.55. The fraction of sp³-hybridized carbons (Fsp3) is 0.261. The van der Waals surface area contributed by atoms with Gasteiger partial charge in [-0.25, -0.2) is 4.79 Å². The van der Waals surface area contributed by atoms with Crippen LogP contribution >= 0.6 is 0 Å². The van der Waals surface area contributed by atoms with E-state index < -0.39 is 5.60 Å². The van der Waals surface area contributed by atoms with Gasteiger partial charge < -0.3 is 4.74 Å². The first kappa shape index (κ1) is 19.5. The lowest BCUT2D eigenvalue weighted by molar-refractivity contribution is 0.00692. The van der Waals surface area contributed by atoms with Crippen LogP contribution < -0.4 is 0 Å². The molecular formula is C23H23NO4. The highest BCUT2D eigenvalue weighted by molar-refractivity contribution is 6.21. The minimum atomic E-state index is -0.528.